The molecule has 0 aromatic heterocycles. The predicted octanol–water partition coefficient (Wildman–Crippen LogP) is 2.26. The number of benzene rings is 1. The highest BCUT2D eigenvalue weighted by molar-refractivity contribution is 5.45. The summed E-state index contributed by atoms with van der Waals surface area (Å²) >= 11 is 0. The van der Waals surface area contributed by atoms with E-state index in [9.17, 15) is 5.11 Å². The Balaban J connectivity index is 2.52. The Morgan fingerprint density at radius 3 is 2.56 bits per heavy atom. The molecule has 0 aliphatic rings. The SMILES string of the molecule is CCCCOC(CO)N(C)c1ccccc1. The number of hydrogen-bond acceptors (Lipinski definition) is 3. The zero-order valence-corrected chi connectivity index (χ0v) is 10.1. The number of likely N-dealkylation sites (N-methyl/N-ethyl adjacent to an activating group) is 1. The molecule has 1 rings (SSSR count). The summed E-state index contributed by atoms with van der Waals surface area (Å²) in [6.07, 6.45) is 1.88. The largest absolute Gasteiger partial charge is 0.392 e. The highest BCUT2D eigenvalue weighted by Gasteiger charge is 2.13. The van der Waals surface area contributed by atoms with Crippen LogP contribution in [0.15, 0.2) is 30.3 Å². The van der Waals surface area contributed by atoms with E-state index in [2.05, 4.69) is 6.92 Å². The van der Waals surface area contributed by atoms with E-state index >= 15 is 0 Å². The van der Waals surface area contributed by atoms with Gasteiger partial charge in [0.05, 0.1) is 6.61 Å². The molecule has 16 heavy (non-hydrogen) atoms. The first-order valence-electron chi connectivity index (χ1n) is 5.80. The molecule has 3 heteroatoms. The number of unbranched alkanes of at least 4 members (excludes halogenated alkanes) is 1. The minimum atomic E-state index is -0.256. The van der Waals surface area contributed by atoms with E-state index in [1.54, 1.807) is 0 Å². The third-order valence-corrected chi connectivity index (χ3v) is 2.56. The van der Waals surface area contributed by atoms with Crippen molar-refractivity contribution in [1.29, 1.82) is 0 Å². The van der Waals surface area contributed by atoms with Gasteiger partial charge in [0.1, 0.15) is 0 Å². The maximum absolute atomic E-state index is 9.29. The molecule has 0 bridgehead atoms. The van der Waals surface area contributed by atoms with Crippen LogP contribution in [0.5, 0.6) is 0 Å². The number of hydrogen-bond donors (Lipinski definition) is 1. The molecular formula is C13H21NO2. The van der Waals surface area contributed by atoms with Gasteiger partial charge in [-0.2, -0.15) is 0 Å². The van der Waals surface area contributed by atoms with Crippen molar-refractivity contribution < 1.29 is 9.84 Å². The third kappa shape index (κ3) is 3.83. The fourth-order valence-corrected chi connectivity index (χ4v) is 1.48. The maximum Gasteiger partial charge on any atom is 0.153 e. The van der Waals surface area contributed by atoms with Crippen LogP contribution < -0.4 is 4.90 Å². The van der Waals surface area contributed by atoms with Crippen LogP contribution in [0.2, 0.25) is 0 Å². The Morgan fingerprint density at radius 1 is 1.31 bits per heavy atom. The molecule has 0 aliphatic carbocycles. The van der Waals surface area contributed by atoms with Crippen molar-refractivity contribution in [3.8, 4) is 0 Å². The Labute approximate surface area is 97.7 Å². The Morgan fingerprint density at radius 2 is 2.00 bits per heavy atom. The van der Waals surface area contributed by atoms with Crippen molar-refractivity contribution in [3.05, 3.63) is 30.3 Å². The van der Waals surface area contributed by atoms with Gasteiger partial charge in [0.15, 0.2) is 6.23 Å². The molecule has 1 unspecified atom stereocenters. The molecule has 0 spiro atoms. The van der Waals surface area contributed by atoms with Gasteiger partial charge in [0.25, 0.3) is 0 Å². The number of ether oxygens (including phenoxy) is 1. The van der Waals surface area contributed by atoms with Crippen molar-refractivity contribution in [2.45, 2.75) is 26.0 Å². The molecule has 0 amide bonds. The molecule has 3 nitrogen and oxygen atoms in total. The van der Waals surface area contributed by atoms with E-state index < -0.39 is 0 Å². The van der Waals surface area contributed by atoms with Crippen LogP contribution in [-0.2, 0) is 4.74 Å². The van der Waals surface area contributed by atoms with E-state index in [1.165, 1.54) is 0 Å². The summed E-state index contributed by atoms with van der Waals surface area (Å²) in [6, 6.07) is 9.94. The molecule has 1 aromatic carbocycles. The van der Waals surface area contributed by atoms with E-state index in [0.29, 0.717) is 6.61 Å². The first kappa shape index (κ1) is 13.0. The first-order valence-corrected chi connectivity index (χ1v) is 5.80. The number of nitrogens with zero attached hydrogens (tertiary/aromatic N) is 1. The lowest BCUT2D eigenvalue weighted by Crippen LogP contribution is -2.37. The van der Waals surface area contributed by atoms with Crippen LogP contribution in [-0.4, -0.2) is 31.6 Å². The second-order valence-electron chi connectivity index (χ2n) is 3.81. The Hall–Kier alpha value is -1.06. The highest BCUT2D eigenvalue weighted by Crippen LogP contribution is 2.14. The summed E-state index contributed by atoms with van der Waals surface area (Å²) in [5.41, 5.74) is 1.05. The predicted molar refractivity (Wildman–Crippen MR) is 66.6 cm³/mol. The molecule has 0 saturated heterocycles. The monoisotopic (exact) mass is 223 g/mol. The maximum atomic E-state index is 9.29. The molecular weight excluding hydrogens is 202 g/mol. The topological polar surface area (TPSA) is 32.7 Å². The molecule has 0 saturated carbocycles. The summed E-state index contributed by atoms with van der Waals surface area (Å²) in [6.45, 7) is 2.83. The molecule has 0 heterocycles. The lowest BCUT2D eigenvalue weighted by atomic mass is 10.3. The van der Waals surface area contributed by atoms with E-state index in [-0.39, 0.29) is 12.8 Å². The standard InChI is InChI=1S/C13H21NO2/c1-3-4-10-16-13(11-15)14(2)12-8-6-5-7-9-12/h5-9,13,15H,3-4,10-11H2,1-2H3. The molecule has 0 aliphatic heterocycles. The summed E-state index contributed by atoms with van der Waals surface area (Å²) in [5.74, 6) is 0. The van der Waals surface area contributed by atoms with E-state index in [4.69, 9.17) is 4.74 Å². The second-order valence-corrected chi connectivity index (χ2v) is 3.81. The fourth-order valence-electron chi connectivity index (χ4n) is 1.48. The quantitative estimate of drug-likeness (QED) is 0.568. The Kier molecular flexibility index (Phi) is 5.90. The summed E-state index contributed by atoms with van der Waals surface area (Å²) < 4.78 is 5.62. The number of rotatable bonds is 7. The number of anilines is 1. The third-order valence-electron chi connectivity index (χ3n) is 2.56. The average molecular weight is 223 g/mol. The molecule has 1 atom stereocenters. The second kappa shape index (κ2) is 7.25. The van der Waals surface area contributed by atoms with Gasteiger partial charge in [-0.05, 0) is 18.6 Å². The average Bonchev–Trinajstić information content (AvgIpc) is 2.35. The van der Waals surface area contributed by atoms with Gasteiger partial charge in [0, 0.05) is 19.3 Å². The zero-order valence-electron chi connectivity index (χ0n) is 10.1. The van der Waals surface area contributed by atoms with Crippen LogP contribution in [0.25, 0.3) is 0 Å². The lowest BCUT2D eigenvalue weighted by Gasteiger charge is -2.28. The minimum Gasteiger partial charge on any atom is -0.392 e. The van der Waals surface area contributed by atoms with E-state index in [1.807, 2.05) is 42.3 Å². The van der Waals surface area contributed by atoms with Crippen LogP contribution >= 0.6 is 0 Å². The van der Waals surface area contributed by atoms with E-state index in [0.717, 1.165) is 18.5 Å². The summed E-state index contributed by atoms with van der Waals surface area (Å²) in [5, 5.41) is 9.29. The molecule has 0 fully saturated rings. The fraction of sp³-hybridized carbons (Fsp3) is 0.538. The van der Waals surface area contributed by atoms with Gasteiger partial charge in [-0.3, -0.25) is 0 Å². The smallest absolute Gasteiger partial charge is 0.153 e. The van der Waals surface area contributed by atoms with Crippen LogP contribution in [0, 0.1) is 0 Å². The van der Waals surface area contributed by atoms with Crippen molar-refractivity contribution in [1.82, 2.24) is 0 Å². The van der Waals surface area contributed by atoms with Gasteiger partial charge in [-0.15, -0.1) is 0 Å². The number of aliphatic hydroxyl groups is 1. The summed E-state index contributed by atoms with van der Waals surface area (Å²) in [4.78, 5) is 1.95. The molecule has 1 aromatic rings. The number of aliphatic hydroxyl groups excluding tert-OH is 1. The molecule has 0 radical (unpaired) electrons. The van der Waals surface area contributed by atoms with Gasteiger partial charge in [-0.1, -0.05) is 31.5 Å². The van der Waals surface area contributed by atoms with Crippen LogP contribution in [0.3, 0.4) is 0 Å². The highest BCUT2D eigenvalue weighted by atomic mass is 16.5. The van der Waals surface area contributed by atoms with Crippen molar-refractivity contribution >= 4 is 5.69 Å². The van der Waals surface area contributed by atoms with Gasteiger partial charge in [-0.25, -0.2) is 0 Å². The number of para-hydroxylation sites is 1. The normalized spacial score (nSPS) is 12.4. The van der Waals surface area contributed by atoms with Crippen LogP contribution in [0.4, 0.5) is 5.69 Å². The molecule has 1 N–H and O–H groups in total. The van der Waals surface area contributed by atoms with Gasteiger partial charge < -0.3 is 14.7 Å². The lowest BCUT2D eigenvalue weighted by molar-refractivity contribution is 0.0129. The van der Waals surface area contributed by atoms with Crippen LogP contribution in [0.1, 0.15) is 19.8 Å². The van der Waals surface area contributed by atoms with Crippen molar-refractivity contribution in [2.24, 2.45) is 0 Å². The first-order chi connectivity index (χ1) is 7.79. The molecule has 90 valence electrons. The zero-order chi connectivity index (χ0) is 11.8. The van der Waals surface area contributed by atoms with Crippen molar-refractivity contribution in [3.63, 3.8) is 0 Å². The minimum absolute atomic E-state index is 0.00904. The van der Waals surface area contributed by atoms with Gasteiger partial charge in [0.2, 0.25) is 0 Å². The Bertz CT molecular complexity index is 277. The van der Waals surface area contributed by atoms with Crippen molar-refractivity contribution in [2.75, 3.05) is 25.2 Å². The summed E-state index contributed by atoms with van der Waals surface area (Å²) in [7, 11) is 1.93. The van der Waals surface area contributed by atoms with Gasteiger partial charge >= 0.3 is 0 Å².